The van der Waals surface area contributed by atoms with E-state index in [-0.39, 0.29) is 11.4 Å². The van der Waals surface area contributed by atoms with Crippen LogP contribution in [0.3, 0.4) is 0 Å². The molecule has 132 valence electrons. The van der Waals surface area contributed by atoms with Gasteiger partial charge in [0.05, 0.1) is 17.0 Å². The van der Waals surface area contributed by atoms with Crippen LogP contribution in [0.5, 0.6) is 0 Å². The Hall–Kier alpha value is -1.91. The van der Waals surface area contributed by atoms with Gasteiger partial charge in [0, 0.05) is 4.88 Å². The van der Waals surface area contributed by atoms with Crippen molar-refractivity contribution >= 4 is 57.0 Å². The third kappa shape index (κ3) is 3.01. The molecule has 3 aromatic rings. The fourth-order valence-electron chi connectivity index (χ4n) is 2.93. The quantitative estimate of drug-likeness (QED) is 0.407. The number of hydrogen-bond acceptors (Lipinski definition) is 6. The first-order valence-corrected chi connectivity index (χ1v) is 10.5. The van der Waals surface area contributed by atoms with Crippen LogP contribution in [-0.4, -0.2) is 21.7 Å². The second-order valence-corrected chi connectivity index (χ2v) is 8.67. The minimum atomic E-state index is -0.747. The number of amides is 1. The van der Waals surface area contributed by atoms with E-state index in [0.29, 0.717) is 20.9 Å². The van der Waals surface area contributed by atoms with Crippen LogP contribution >= 0.6 is 45.3 Å². The SMILES string of the molecule is O=C(C1=C(O)C(=O)N(Cc2cccs2)C1c1ccc(I)o1)c1cccs1. The van der Waals surface area contributed by atoms with E-state index in [1.165, 1.54) is 27.6 Å². The Bertz CT molecular complexity index is 989. The van der Waals surface area contributed by atoms with E-state index < -0.39 is 17.7 Å². The summed E-state index contributed by atoms with van der Waals surface area (Å²) < 4.78 is 6.36. The molecule has 1 atom stereocenters. The molecule has 0 saturated heterocycles. The van der Waals surface area contributed by atoms with E-state index in [2.05, 4.69) is 0 Å². The van der Waals surface area contributed by atoms with Crippen LogP contribution in [0.25, 0.3) is 0 Å². The van der Waals surface area contributed by atoms with Crippen molar-refractivity contribution in [2.24, 2.45) is 0 Å². The standard InChI is InChI=1S/C18H12INO4S2/c19-13-6-5-11(24-13)15-14(16(21)12-4-2-8-26-12)17(22)18(23)20(15)9-10-3-1-7-25-10/h1-8,15,22H,9H2. The van der Waals surface area contributed by atoms with Gasteiger partial charge in [0.1, 0.15) is 11.8 Å². The molecule has 26 heavy (non-hydrogen) atoms. The number of Topliss-reactive ketones (excluding diaryl/α,β-unsaturated/α-hetero) is 1. The van der Waals surface area contributed by atoms with Gasteiger partial charge in [-0.05, 0) is 57.6 Å². The van der Waals surface area contributed by atoms with Crippen LogP contribution in [0.4, 0.5) is 0 Å². The summed E-state index contributed by atoms with van der Waals surface area (Å²) in [7, 11) is 0. The molecule has 0 fully saturated rings. The summed E-state index contributed by atoms with van der Waals surface area (Å²) in [6, 6.07) is 10.0. The molecule has 1 unspecified atom stereocenters. The first-order chi connectivity index (χ1) is 12.6. The monoisotopic (exact) mass is 497 g/mol. The first-order valence-electron chi connectivity index (χ1n) is 7.66. The average molecular weight is 497 g/mol. The highest BCUT2D eigenvalue weighted by Gasteiger charge is 2.45. The van der Waals surface area contributed by atoms with Crippen molar-refractivity contribution in [2.45, 2.75) is 12.6 Å². The molecule has 8 heteroatoms. The molecule has 3 aromatic heterocycles. The van der Waals surface area contributed by atoms with Crippen molar-refractivity contribution in [3.05, 3.63) is 77.8 Å². The number of nitrogens with zero attached hydrogens (tertiary/aromatic N) is 1. The average Bonchev–Trinajstić information content (AvgIpc) is 3.40. The predicted molar refractivity (Wildman–Crippen MR) is 107 cm³/mol. The van der Waals surface area contributed by atoms with Gasteiger partial charge in [-0.1, -0.05) is 12.1 Å². The highest BCUT2D eigenvalue weighted by atomic mass is 127. The molecule has 5 nitrogen and oxygen atoms in total. The van der Waals surface area contributed by atoms with Gasteiger partial charge in [0.2, 0.25) is 5.78 Å². The van der Waals surface area contributed by atoms with E-state index >= 15 is 0 Å². The number of ketones is 1. The first kappa shape index (κ1) is 17.5. The Morgan fingerprint density at radius 3 is 2.58 bits per heavy atom. The van der Waals surface area contributed by atoms with Gasteiger partial charge in [-0.3, -0.25) is 9.59 Å². The number of carbonyl (C=O) groups is 2. The number of thiophene rings is 2. The van der Waals surface area contributed by atoms with Gasteiger partial charge in [-0.25, -0.2) is 0 Å². The zero-order chi connectivity index (χ0) is 18.3. The van der Waals surface area contributed by atoms with Crippen LogP contribution in [0.1, 0.15) is 26.4 Å². The topological polar surface area (TPSA) is 70.8 Å². The second-order valence-electron chi connectivity index (χ2n) is 5.63. The fraction of sp³-hybridized carbons (Fsp3) is 0.111. The van der Waals surface area contributed by atoms with Gasteiger partial charge >= 0.3 is 0 Å². The molecule has 1 aliphatic rings. The molecule has 0 aromatic carbocycles. The predicted octanol–water partition coefficient (Wildman–Crippen LogP) is 4.79. The number of aliphatic hydroxyl groups excluding tert-OH is 1. The zero-order valence-corrected chi connectivity index (χ0v) is 17.0. The van der Waals surface area contributed by atoms with Gasteiger partial charge in [-0.2, -0.15) is 0 Å². The Morgan fingerprint density at radius 1 is 1.19 bits per heavy atom. The molecule has 1 aliphatic heterocycles. The number of rotatable bonds is 5. The van der Waals surface area contributed by atoms with E-state index in [1.807, 2.05) is 40.1 Å². The van der Waals surface area contributed by atoms with Crippen LogP contribution < -0.4 is 0 Å². The largest absolute Gasteiger partial charge is 0.503 e. The summed E-state index contributed by atoms with van der Waals surface area (Å²) in [5, 5.41) is 14.2. The summed E-state index contributed by atoms with van der Waals surface area (Å²) in [6.07, 6.45) is 0. The fourth-order valence-corrected chi connectivity index (χ4v) is 4.75. The maximum absolute atomic E-state index is 13.0. The molecule has 4 heterocycles. The lowest BCUT2D eigenvalue weighted by atomic mass is 10.0. The van der Waals surface area contributed by atoms with Crippen LogP contribution in [0.2, 0.25) is 0 Å². The summed E-state index contributed by atoms with van der Waals surface area (Å²) in [4.78, 5) is 28.6. The molecule has 4 rings (SSSR count). The number of halogens is 1. The second kappa shape index (κ2) is 7.01. The van der Waals surface area contributed by atoms with Gasteiger partial charge < -0.3 is 14.4 Å². The molecule has 0 saturated carbocycles. The lowest BCUT2D eigenvalue weighted by Crippen LogP contribution is -2.30. The smallest absolute Gasteiger partial charge is 0.290 e. The lowest BCUT2D eigenvalue weighted by molar-refractivity contribution is -0.130. The molecule has 0 bridgehead atoms. The molecule has 0 aliphatic carbocycles. The zero-order valence-electron chi connectivity index (χ0n) is 13.2. The molecular formula is C18H12INO4S2. The maximum Gasteiger partial charge on any atom is 0.290 e. The van der Waals surface area contributed by atoms with Crippen LogP contribution in [0, 0.1) is 3.77 Å². The summed E-state index contributed by atoms with van der Waals surface area (Å²) >= 11 is 4.82. The van der Waals surface area contributed by atoms with Crippen molar-refractivity contribution in [1.29, 1.82) is 0 Å². The van der Waals surface area contributed by atoms with Crippen molar-refractivity contribution in [3.63, 3.8) is 0 Å². The number of furan rings is 1. The van der Waals surface area contributed by atoms with Gasteiger partial charge in [0.25, 0.3) is 5.91 Å². The summed E-state index contributed by atoms with van der Waals surface area (Å²) in [5.74, 6) is -0.953. The third-order valence-electron chi connectivity index (χ3n) is 4.06. The summed E-state index contributed by atoms with van der Waals surface area (Å²) in [6.45, 7) is 0.295. The molecule has 1 N–H and O–H groups in total. The van der Waals surface area contributed by atoms with E-state index in [4.69, 9.17) is 4.42 Å². The molecule has 1 amide bonds. The molecule has 0 spiro atoms. The highest BCUT2D eigenvalue weighted by Crippen LogP contribution is 2.41. The third-order valence-corrected chi connectivity index (χ3v) is 6.37. The Kier molecular flexibility index (Phi) is 4.72. The van der Waals surface area contributed by atoms with Gasteiger partial charge in [-0.15, -0.1) is 22.7 Å². The Morgan fingerprint density at radius 2 is 1.96 bits per heavy atom. The van der Waals surface area contributed by atoms with Crippen LogP contribution in [0.15, 0.2) is 62.9 Å². The van der Waals surface area contributed by atoms with E-state index in [9.17, 15) is 14.7 Å². The van der Waals surface area contributed by atoms with Crippen molar-refractivity contribution in [3.8, 4) is 0 Å². The minimum absolute atomic E-state index is 0.0692. The summed E-state index contributed by atoms with van der Waals surface area (Å²) in [5.41, 5.74) is 0.0692. The van der Waals surface area contributed by atoms with Crippen molar-refractivity contribution in [1.82, 2.24) is 4.90 Å². The molecular weight excluding hydrogens is 485 g/mol. The maximum atomic E-state index is 13.0. The number of hydrogen-bond donors (Lipinski definition) is 1. The molecule has 0 radical (unpaired) electrons. The lowest BCUT2D eigenvalue weighted by Gasteiger charge is -2.24. The minimum Gasteiger partial charge on any atom is -0.503 e. The van der Waals surface area contributed by atoms with Crippen molar-refractivity contribution in [2.75, 3.05) is 0 Å². The van der Waals surface area contributed by atoms with Gasteiger partial charge in [0.15, 0.2) is 9.53 Å². The highest BCUT2D eigenvalue weighted by molar-refractivity contribution is 14.1. The van der Waals surface area contributed by atoms with Crippen molar-refractivity contribution < 1.29 is 19.1 Å². The van der Waals surface area contributed by atoms with E-state index in [1.54, 1.807) is 29.6 Å². The Balaban J connectivity index is 1.79. The van der Waals surface area contributed by atoms with Crippen LogP contribution in [-0.2, 0) is 11.3 Å². The Labute approximate surface area is 170 Å². The number of aliphatic hydroxyl groups is 1. The number of carbonyl (C=O) groups excluding carboxylic acids is 2. The normalized spacial score (nSPS) is 17.3. The van der Waals surface area contributed by atoms with E-state index in [0.717, 1.165) is 4.88 Å².